The highest BCUT2D eigenvalue weighted by molar-refractivity contribution is 6.30. The molecule has 0 unspecified atom stereocenters. The lowest BCUT2D eigenvalue weighted by Crippen LogP contribution is -2.34. The van der Waals surface area contributed by atoms with Gasteiger partial charge in [-0.3, -0.25) is 19.3 Å². The maximum atomic E-state index is 12.3. The molecular formula is C16H18ClN3O3. The van der Waals surface area contributed by atoms with Gasteiger partial charge < -0.3 is 5.32 Å². The van der Waals surface area contributed by atoms with Crippen LogP contribution in [0.25, 0.3) is 0 Å². The lowest BCUT2D eigenvalue weighted by atomic mass is 9.81. The molecule has 3 amide bonds. The van der Waals surface area contributed by atoms with Gasteiger partial charge in [0.05, 0.1) is 16.9 Å². The van der Waals surface area contributed by atoms with E-state index in [1.807, 2.05) is 0 Å². The summed E-state index contributed by atoms with van der Waals surface area (Å²) < 4.78 is 0. The number of hydrogen-bond donors (Lipinski definition) is 1. The zero-order valence-corrected chi connectivity index (χ0v) is 13.4. The standard InChI is InChI=1S/C16H18ClN3O3/c17-10-5-6-13(18-9-10)19-14(21)7-8-20-15(22)11-3-1-2-4-12(11)16(20)23/h5-6,9,11-12H,1-4,7-8H2,(H,18,19,21)/t11-,12-/m1/s1. The number of amides is 3. The third-order valence-electron chi connectivity index (χ3n) is 4.49. The van der Waals surface area contributed by atoms with Crippen LogP contribution in [0.2, 0.25) is 5.02 Å². The summed E-state index contributed by atoms with van der Waals surface area (Å²) in [5.41, 5.74) is 0. The fourth-order valence-electron chi connectivity index (χ4n) is 3.32. The first-order chi connectivity index (χ1) is 11.1. The molecule has 0 spiro atoms. The van der Waals surface area contributed by atoms with Crippen LogP contribution in [-0.2, 0) is 14.4 Å². The molecule has 0 radical (unpaired) electrons. The molecule has 2 aliphatic rings. The summed E-state index contributed by atoms with van der Waals surface area (Å²) >= 11 is 5.73. The first kappa shape index (κ1) is 15.9. The fraction of sp³-hybridized carbons (Fsp3) is 0.500. The third kappa shape index (κ3) is 3.37. The number of halogens is 1. The van der Waals surface area contributed by atoms with E-state index in [9.17, 15) is 14.4 Å². The molecule has 1 aliphatic heterocycles. The highest BCUT2D eigenvalue weighted by Crippen LogP contribution is 2.37. The van der Waals surface area contributed by atoms with Crippen LogP contribution in [-0.4, -0.2) is 34.2 Å². The Morgan fingerprint density at radius 3 is 2.43 bits per heavy atom. The average molecular weight is 336 g/mol. The predicted octanol–water partition coefficient (Wildman–Crippen LogP) is 2.24. The van der Waals surface area contributed by atoms with Crippen molar-refractivity contribution in [1.29, 1.82) is 0 Å². The van der Waals surface area contributed by atoms with E-state index in [1.165, 1.54) is 11.1 Å². The van der Waals surface area contributed by atoms with Gasteiger partial charge in [-0.05, 0) is 25.0 Å². The van der Waals surface area contributed by atoms with Crippen LogP contribution in [0.3, 0.4) is 0 Å². The second-order valence-corrected chi connectivity index (χ2v) is 6.42. The number of imide groups is 1. The second kappa shape index (κ2) is 6.66. The van der Waals surface area contributed by atoms with Crippen molar-refractivity contribution < 1.29 is 14.4 Å². The molecule has 1 aromatic rings. The van der Waals surface area contributed by atoms with Crippen molar-refractivity contribution in [3.8, 4) is 0 Å². The van der Waals surface area contributed by atoms with Gasteiger partial charge in [0.15, 0.2) is 0 Å². The van der Waals surface area contributed by atoms with Gasteiger partial charge in [0.25, 0.3) is 0 Å². The minimum Gasteiger partial charge on any atom is -0.311 e. The Morgan fingerprint density at radius 2 is 1.87 bits per heavy atom. The molecule has 7 heteroatoms. The molecular weight excluding hydrogens is 318 g/mol. The number of likely N-dealkylation sites (tertiary alicyclic amines) is 1. The summed E-state index contributed by atoms with van der Waals surface area (Å²) in [6.07, 6.45) is 5.07. The molecule has 1 aromatic heterocycles. The van der Waals surface area contributed by atoms with E-state index in [0.29, 0.717) is 10.8 Å². The Labute approximate surface area is 139 Å². The van der Waals surface area contributed by atoms with Crippen LogP contribution in [0.1, 0.15) is 32.1 Å². The molecule has 2 atom stereocenters. The second-order valence-electron chi connectivity index (χ2n) is 5.99. The number of pyridine rings is 1. The zero-order chi connectivity index (χ0) is 16.4. The van der Waals surface area contributed by atoms with Crippen LogP contribution in [0.5, 0.6) is 0 Å². The molecule has 23 heavy (non-hydrogen) atoms. The van der Waals surface area contributed by atoms with E-state index in [0.717, 1.165) is 25.7 Å². The number of aromatic nitrogens is 1. The molecule has 1 N–H and O–H groups in total. The van der Waals surface area contributed by atoms with Crippen molar-refractivity contribution in [3.63, 3.8) is 0 Å². The van der Waals surface area contributed by atoms with Crippen LogP contribution in [0.15, 0.2) is 18.3 Å². The molecule has 3 rings (SSSR count). The third-order valence-corrected chi connectivity index (χ3v) is 4.71. The largest absolute Gasteiger partial charge is 0.311 e. The van der Waals surface area contributed by atoms with E-state index in [1.54, 1.807) is 12.1 Å². The SMILES string of the molecule is O=C(CCN1C(=O)[C@@H]2CCCC[C@H]2C1=O)Nc1ccc(Cl)cn1. The number of anilines is 1. The van der Waals surface area contributed by atoms with Gasteiger partial charge in [-0.25, -0.2) is 4.98 Å². The Morgan fingerprint density at radius 1 is 1.22 bits per heavy atom. The first-order valence-corrected chi connectivity index (χ1v) is 8.20. The van der Waals surface area contributed by atoms with E-state index in [4.69, 9.17) is 11.6 Å². The van der Waals surface area contributed by atoms with Crippen LogP contribution >= 0.6 is 11.6 Å². The minimum atomic E-state index is -0.282. The Bertz CT molecular complexity index is 608. The molecule has 2 fully saturated rings. The summed E-state index contributed by atoms with van der Waals surface area (Å²) in [5.74, 6) is -0.453. The normalized spacial score (nSPS) is 23.8. The lowest BCUT2D eigenvalue weighted by Gasteiger charge is -2.19. The molecule has 2 heterocycles. The summed E-state index contributed by atoms with van der Waals surface area (Å²) in [6.45, 7) is 0.129. The van der Waals surface area contributed by atoms with Crippen molar-refractivity contribution in [2.24, 2.45) is 11.8 Å². The first-order valence-electron chi connectivity index (χ1n) is 7.83. The lowest BCUT2D eigenvalue weighted by molar-refractivity contribution is -0.140. The Kier molecular flexibility index (Phi) is 4.61. The maximum Gasteiger partial charge on any atom is 0.233 e. The van der Waals surface area contributed by atoms with Gasteiger partial charge in [-0.2, -0.15) is 0 Å². The topological polar surface area (TPSA) is 79.4 Å². The van der Waals surface area contributed by atoms with Gasteiger partial charge in [-0.1, -0.05) is 24.4 Å². The van der Waals surface area contributed by atoms with E-state index < -0.39 is 0 Å². The molecule has 6 nitrogen and oxygen atoms in total. The van der Waals surface area contributed by atoms with E-state index in [2.05, 4.69) is 10.3 Å². The molecule has 1 saturated carbocycles. The Balaban J connectivity index is 1.55. The quantitative estimate of drug-likeness (QED) is 0.856. The van der Waals surface area contributed by atoms with Crippen molar-refractivity contribution in [2.75, 3.05) is 11.9 Å². The number of carbonyl (C=O) groups is 3. The zero-order valence-electron chi connectivity index (χ0n) is 12.6. The van der Waals surface area contributed by atoms with Gasteiger partial charge in [0, 0.05) is 19.2 Å². The highest BCUT2D eigenvalue weighted by Gasteiger charge is 2.47. The number of nitrogens with zero attached hydrogens (tertiary/aromatic N) is 2. The van der Waals surface area contributed by atoms with Gasteiger partial charge >= 0.3 is 0 Å². The van der Waals surface area contributed by atoms with Crippen LogP contribution < -0.4 is 5.32 Å². The summed E-state index contributed by atoms with van der Waals surface area (Å²) in [7, 11) is 0. The van der Waals surface area contributed by atoms with Crippen molar-refractivity contribution in [2.45, 2.75) is 32.1 Å². The predicted molar refractivity (Wildman–Crippen MR) is 84.7 cm³/mol. The minimum absolute atomic E-state index is 0.0707. The fourth-order valence-corrected chi connectivity index (χ4v) is 3.43. The average Bonchev–Trinajstić information content (AvgIpc) is 2.80. The van der Waals surface area contributed by atoms with Crippen molar-refractivity contribution in [3.05, 3.63) is 23.4 Å². The summed E-state index contributed by atoms with van der Waals surface area (Å²) in [5, 5.41) is 3.11. The molecule has 0 bridgehead atoms. The smallest absolute Gasteiger partial charge is 0.233 e. The number of carbonyl (C=O) groups excluding carboxylic acids is 3. The van der Waals surface area contributed by atoms with Gasteiger partial charge in [-0.15, -0.1) is 0 Å². The summed E-state index contributed by atoms with van der Waals surface area (Å²) in [6, 6.07) is 3.23. The molecule has 1 saturated heterocycles. The maximum absolute atomic E-state index is 12.3. The van der Waals surface area contributed by atoms with E-state index >= 15 is 0 Å². The summed E-state index contributed by atoms with van der Waals surface area (Å²) in [4.78, 5) is 41.8. The molecule has 0 aromatic carbocycles. The molecule has 1 aliphatic carbocycles. The highest BCUT2D eigenvalue weighted by atomic mass is 35.5. The number of hydrogen-bond acceptors (Lipinski definition) is 4. The van der Waals surface area contributed by atoms with Gasteiger partial charge in [0.1, 0.15) is 5.82 Å². The number of nitrogens with one attached hydrogen (secondary N) is 1. The van der Waals surface area contributed by atoms with Crippen molar-refractivity contribution in [1.82, 2.24) is 9.88 Å². The number of rotatable bonds is 4. The van der Waals surface area contributed by atoms with Crippen LogP contribution in [0.4, 0.5) is 5.82 Å². The Hall–Kier alpha value is -1.95. The van der Waals surface area contributed by atoms with E-state index in [-0.39, 0.29) is 42.5 Å². The number of fused-ring (bicyclic) bond motifs is 1. The molecule has 122 valence electrons. The van der Waals surface area contributed by atoms with Crippen molar-refractivity contribution >= 4 is 35.1 Å². The van der Waals surface area contributed by atoms with Gasteiger partial charge in [0.2, 0.25) is 17.7 Å². The van der Waals surface area contributed by atoms with Crippen LogP contribution in [0, 0.1) is 11.8 Å². The monoisotopic (exact) mass is 335 g/mol.